The highest BCUT2D eigenvalue weighted by Crippen LogP contribution is 2.28. The highest BCUT2D eigenvalue weighted by Gasteiger charge is 2.25. The van der Waals surface area contributed by atoms with E-state index >= 15 is 0 Å². The number of hydrogen-bond acceptors (Lipinski definition) is 6. The van der Waals surface area contributed by atoms with E-state index < -0.39 is 35.3 Å². The van der Waals surface area contributed by atoms with Crippen molar-refractivity contribution in [3.63, 3.8) is 0 Å². The minimum Gasteiger partial charge on any atom is -0.505 e. The Kier molecular flexibility index (Phi) is 5.50. The minimum absolute atomic E-state index is 0.162. The van der Waals surface area contributed by atoms with Crippen molar-refractivity contribution in [2.45, 2.75) is 19.9 Å². The third-order valence-electron chi connectivity index (χ3n) is 4.59. The standard InChI is InChI=1S/C20H23N5O5/c1-11(2)24-20(30)17(19(29)21-10-16(26)27)18(28)15-9-14(22-25(15)24)12-5-7-13(8-6-12)23(3)4/h5-9,11,28H,10H2,1-4H3,(H,21,29)(H,26,27). The summed E-state index contributed by atoms with van der Waals surface area (Å²) in [5, 5.41) is 26.0. The number of fused-ring (bicyclic) bond motifs is 1. The molecule has 2 aromatic heterocycles. The van der Waals surface area contributed by atoms with E-state index in [4.69, 9.17) is 5.11 Å². The van der Waals surface area contributed by atoms with Gasteiger partial charge in [-0.15, -0.1) is 0 Å². The van der Waals surface area contributed by atoms with E-state index in [9.17, 15) is 19.5 Å². The van der Waals surface area contributed by atoms with Crippen LogP contribution in [0.2, 0.25) is 0 Å². The van der Waals surface area contributed by atoms with Gasteiger partial charge in [-0.2, -0.15) is 9.73 Å². The van der Waals surface area contributed by atoms with Gasteiger partial charge in [-0.05, 0) is 32.0 Å². The fourth-order valence-electron chi connectivity index (χ4n) is 3.10. The van der Waals surface area contributed by atoms with Crippen LogP contribution in [0.15, 0.2) is 35.1 Å². The Labute approximate surface area is 171 Å². The number of amides is 1. The van der Waals surface area contributed by atoms with Crippen LogP contribution in [0.5, 0.6) is 5.75 Å². The van der Waals surface area contributed by atoms with Crippen molar-refractivity contribution >= 4 is 23.1 Å². The largest absolute Gasteiger partial charge is 0.505 e. The molecule has 0 atom stereocenters. The monoisotopic (exact) mass is 413 g/mol. The normalized spacial score (nSPS) is 11.1. The fraction of sp³-hybridized carbons (Fsp3) is 0.300. The number of nitrogens with one attached hydrogen (secondary N) is 1. The van der Waals surface area contributed by atoms with Crippen molar-refractivity contribution < 1.29 is 19.8 Å². The summed E-state index contributed by atoms with van der Waals surface area (Å²) in [6.07, 6.45) is 0. The number of anilines is 1. The minimum atomic E-state index is -1.26. The van der Waals surface area contributed by atoms with E-state index in [-0.39, 0.29) is 11.6 Å². The molecule has 30 heavy (non-hydrogen) atoms. The molecule has 0 aliphatic rings. The summed E-state index contributed by atoms with van der Waals surface area (Å²) in [4.78, 5) is 38.0. The smallest absolute Gasteiger partial charge is 0.322 e. The molecule has 3 N–H and O–H groups in total. The highest BCUT2D eigenvalue weighted by molar-refractivity contribution is 6.00. The van der Waals surface area contributed by atoms with Crippen LogP contribution in [0, 0.1) is 0 Å². The lowest BCUT2D eigenvalue weighted by Crippen LogP contribution is -2.38. The third-order valence-corrected chi connectivity index (χ3v) is 4.59. The molecule has 0 spiro atoms. The number of carbonyl (C=O) groups excluding carboxylic acids is 1. The first-order valence-electron chi connectivity index (χ1n) is 9.27. The number of carbonyl (C=O) groups is 2. The second kappa shape index (κ2) is 7.90. The fourth-order valence-corrected chi connectivity index (χ4v) is 3.10. The average molecular weight is 413 g/mol. The third kappa shape index (κ3) is 3.71. The molecule has 0 unspecified atom stereocenters. The molecule has 0 aliphatic heterocycles. The van der Waals surface area contributed by atoms with Crippen LogP contribution in [0.1, 0.15) is 30.2 Å². The van der Waals surface area contributed by atoms with Crippen molar-refractivity contribution in [3.05, 3.63) is 46.2 Å². The molecule has 3 rings (SSSR count). The van der Waals surface area contributed by atoms with E-state index in [1.54, 1.807) is 19.9 Å². The zero-order chi connectivity index (χ0) is 22.2. The molecule has 2 heterocycles. The van der Waals surface area contributed by atoms with E-state index in [2.05, 4.69) is 10.4 Å². The molecule has 1 amide bonds. The van der Waals surface area contributed by atoms with Crippen LogP contribution in [-0.2, 0) is 4.79 Å². The molecular weight excluding hydrogens is 390 g/mol. The predicted octanol–water partition coefficient (Wildman–Crippen LogP) is 1.33. The van der Waals surface area contributed by atoms with Crippen molar-refractivity contribution in [2.24, 2.45) is 0 Å². The molecule has 0 fully saturated rings. The topological polar surface area (TPSA) is 129 Å². The number of benzene rings is 1. The lowest BCUT2D eigenvalue weighted by Gasteiger charge is -2.15. The lowest BCUT2D eigenvalue weighted by atomic mass is 10.1. The summed E-state index contributed by atoms with van der Waals surface area (Å²) in [7, 11) is 3.85. The van der Waals surface area contributed by atoms with E-state index in [0.29, 0.717) is 5.69 Å². The molecule has 158 valence electrons. The van der Waals surface area contributed by atoms with Crippen molar-refractivity contribution in [1.82, 2.24) is 19.7 Å². The molecule has 0 radical (unpaired) electrons. The van der Waals surface area contributed by atoms with E-state index in [0.717, 1.165) is 11.3 Å². The first-order valence-corrected chi connectivity index (χ1v) is 9.27. The SMILES string of the molecule is CC(C)n1c(=O)c(C(=O)NCC(=O)O)c(O)c2cc(-c3ccc(N(C)C)cc3)nn21. The number of aliphatic carboxylic acids is 1. The molecule has 0 saturated heterocycles. The van der Waals surface area contributed by atoms with Gasteiger partial charge in [-0.1, -0.05) is 12.1 Å². The molecule has 3 aromatic rings. The second-order valence-electron chi connectivity index (χ2n) is 7.29. The number of nitrogens with zero attached hydrogens (tertiary/aromatic N) is 4. The number of carboxylic acids is 1. The zero-order valence-corrected chi connectivity index (χ0v) is 17.1. The molecule has 10 nitrogen and oxygen atoms in total. The molecular formula is C20H23N5O5. The molecule has 1 aromatic carbocycles. The number of hydrogen-bond donors (Lipinski definition) is 3. The van der Waals surface area contributed by atoms with Crippen LogP contribution in [0.25, 0.3) is 16.8 Å². The number of rotatable bonds is 6. The Hall–Kier alpha value is -3.82. The van der Waals surface area contributed by atoms with Gasteiger partial charge in [0.15, 0.2) is 11.3 Å². The molecule has 0 aliphatic carbocycles. The van der Waals surface area contributed by atoms with Gasteiger partial charge in [0, 0.05) is 25.3 Å². The lowest BCUT2D eigenvalue weighted by molar-refractivity contribution is -0.135. The van der Waals surface area contributed by atoms with Crippen molar-refractivity contribution in [2.75, 3.05) is 25.5 Å². The van der Waals surface area contributed by atoms with Crippen LogP contribution in [0.4, 0.5) is 5.69 Å². The predicted molar refractivity (Wildman–Crippen MR) is 111 cm³/mol. The van der Waals surface area contributed by atoms with Gasteiger partial charge in [-0.25, -0.2) is 4.68 Å². The summed E-state index contributed by atoms with van der Waals surface area (Å²) in [5.41, 5.74) is 1.15. The summed E-state index contributed by atoms with van der Waals surface area (Å²) in [5.74, 6) is -2.78. The van der Waals surface area contributed by atoms with Gasteiger partial charge in [0.25, 0.3) is 11.5 Å². The number of aromatic nitrogens is 3. The number of aromatic hydroxyl groups is 1. The molecule has 0 bridgehead atoms. The van der Waals surface area contributed by atoms with Crippen LogP contribution < -0.4 is 15.8 Å². The molecule has 10 heteroatoms. The molecule has 0 saturated carbocycles. The maximum atomic E-state index is 12.9. The van der Waals surface area contributed by atoms with Gasteiger partial charge < -0.3 is 20.4 Å². The van der Waals surface area contributed by atoms with Crippen molar-refractivity contribution in [3.8, 4) is 17.0 Å². The Balaban J connectivity index is 2.19. The van der Waals surface area contributed by atoms with Crippen LogP contribution in [-0.4, -0.2) is 57.1 Å². The Bertz CT molecular complexity index is 1180. The van der Waals surface area contributed by atoms with Crippen LogP contribution in [0.3, 0.4) is 0 Å². The Morgan fingerprint density at radius 2 is 1.83 bits per heavy atom. The van der Waals surface area contributed by atoms with E-state index in [1.165, 1.54) is 9.31 Å². The van der Waals surface area contributed by atoms with Gasteiger partial charge in [0.2, 0.25) is 0 Å². The quantitative estimate of drug-likeness (QED) is 0.556. The van der Waals surface area contributed by atoms with Gasteiger partial charge in [-0.3, -0.25) is 14.4 Å². The van der Waals surface area contributed by atoms with Gasteiger partial charge in [0.05, 0.1) is 11.7 Å². The summed E-state index contributed by atoms with van der Waals surface area (Å²) in [6, 6.07) is 8.76. The van der Waals surface area contributed by atoms with Crippen molar-refractivity contribution in [1.29, 1.82) is 0 Å². The van der Waals surface area contributed by atoms with Crippen LogP contribution >= 0.6 is 0 Å². The van der Waals surface area contributed by atoms with Gasteiger partial charge in [0.1, 0.15) is 12.1 Å². The van der Waals surface area contributed by atoms with E-state index in [1.807, 2.05) is 43.3 Å². The zero-order valence-electron chi connectivity index (χ0n) is 17.1. The first-order chi connectivity index (χ1) is 14.1. The Morgan fingerprint density at radius 3 is 2.37 bits per heavy atom. The summed E-state index contributed by atoms with van der Waals surface area (Å²) >= 11 is 0. The second-order valence-corrected chi connectivity index (χ2v) is 7.29. The first kappa shape index (κ1) is 20.9. The maximum absolute atomic E-state index is 12.9. The summed E-state index contributed by atoms with van der Waals surface area (Å²) < 4.78 is 2.51. The number of carboxylic acid groups (broad SMARTS) is 1. The average Bonchev–Trinajstić information content (AvgIpc) is 3.11. The van der Waals surface area contributed by atoms with Gasteiger partial charge >= 0.3 is 5.97 Å². The Morgan fingerprint density at radius 1 is 1.20 bits per heavy atom. The highest BCUT2D eigenvalue weighted by atomic mass is 16.4. The maximum Gasteiger partial charge on any atom is 0.322 e. The summed E-state index contributed by atoms with van der Waals surface area (Å²) in [6.45, 7) is 2.81.